The summed E-state index contributed by atoms with van der Waals surface area (Å²) in [6.07, 6.45) is 3.89. The van der Waals surface area contributed by atoms with Gasteiger partial charge in [-0.3, -0.25) is 4.79 Å². The number of rotatable bonds is 8. The summed E-state index contributed by atoms with van der Waals surface area (Å²) in [6, 6.07) is 9.89. The molecule has 1 amide bonds. The molecule has 92 valence electrons. The van der Waals surface area contributed by atoms with Gasteiger partial charge >= 0.3 is 0 Å². The van der Waals surface area contributed by atoms with Crippen LogP contribution in [0.4, 0.5) is 0 Å². The van der Waals surface area contributed by atoms with Crippen molar-refractivity contribution < 1.29 is 4.79 Å². The van der Waals surface area contributed by atoms with Crippen LogP contribution in [0, 0.1) is 0 Å². The molecule has 0 aromatic heterocycles. The van der Waals surface area contributed by atoms with Crippen molar-refractivity contribution in [2.24, 2.45) is 0 Å². The van der Waals surface area contributed by atoms with Gasteiger partial charge in [-0.1, -0.05) is 36.4 Å². The number of amides is 1. The minimum Gasteiger partial charge on any atom is -0.351 e. The molecular weight excluding hydrogens is 212 g/mol. The molecule has 1 aromatic carbocycles. The van der Waals surface area contributed by atoms with Crippen molar-refractivity contribution in [2.75, 3.05) is 13.1 Å². The first-order chi connectivity index (χ1) is 8.33. The number of carbonyl (C=O) groups is 1. The summed E-state index contributed by atoms with van der Waals surface area (Å²) in [5, 5.41) is 5.96. The Morgan fingerprint density at radius 1 is 1.29 bits per heavy atom. The molecule has 1 rings (SSSR count). The zero-order chi connectivity index (χ0) is 12.3. The fourth-order valence-electron chi connectivity index (χ4n) is 1.43. The average molecular weight is 232 g/mol. The van der Waals surface area contributed by atoms with E-state index in [0.29, 0.717) is 13.1 Å². The van der Waals surface area contributed by atoms with Gasteiger partial charge in [0.1, 0.15) is 0 Å². The molecule has 0 aliphatic carbocycles. The highest BCUT2D eigenvalue weighted by atomic mass is 16.1. The molecular formula is C14H20N2O. The van der Waals surface area contributed by atoms with E-state index in [1.54, 1.807) is 0 Å². The number of nitrogens with one attached hydrogen (secondary N) is 2. The molecule has 0 saturated carbocycles. The standard InChI is InChI=1S/C14H20N2O/c1-2-3-7-10-15-12-14(17)16-11-13-8-5-4-6-9-13/h2,4-6,8-9,15H,1,3,7,10-12H2,(H,16,17). The van der Waals surface area contributed by atoms with Crippen molar-refractivity contribution >= 4 is 5.91 Å². The van der Waals surface area contributed by atoms with Gasteiger partial charge in [0.25, 0.3) is 0 Å². The number of allylic oxidation sites excluding steroid dienone is 1. The zero-order valence-electron chi connectivity index (χ0n) is 10.1. The Kier molecular flexibility index (Phi) is 6.75. The second kappa shape index (κ2) is 8.53. The third kappa shape index (κ3) is 6.53. The van der Waals surface area contributed by atoms with Crippen LogP contribution in [0.2, 0.25) is 0 Å². The molecule has 0 atom stereocenters. The zero-order valence-corrected chi connectivity index (χ0v) is 10.1. The third-order valence-electron chi connectivity index (χ3n) is 2.38. The highest BCUT2D eigenvalue weighted by Gasteiger charge is 1.99. The van der Waals surface area contributed by atoms with Crippen LogP contribution in [-0.2, 0) is 11.3 Å². The van der Waals surface area contributed by atoms with Crippen LogP contribution in [0.15, 0.2) is 43.0 Å². The van der Waals surface area contributed by atoms with Gasteiger partial charge in [-0.2, -0.15) is 0 Å². The Morgan fingerprint density at radius 3 is 2.76 bits per heavy atom. The van der Waals surface area contributed by atoms with E-state index >= 15 is 0 Å². The maximum Gasteiger partial charge on any atom is 0.234 e. The monoisotopic (exact) mass is 232 g/mol. The summed E-state index contributed by atoms with van der Waals surface area (Å²) in [6.45, 7) is 5.47. The summed E-state index contributed by atoms with van der Waals surface area (Å²) in [5.41, 5.74) is 1.12. The lowest BCUT2D eigenvalue weighted by Crippen LogP contribution is -2.33. The van der Waals surface area contributed by atoms with E-state index in [1.807, 2.05) is 36.4 Å². The summed E-state index contributed by atoms with van der Waals surface area (Å²) in [7, 11) is 0. The van der Waals surface area contributed by atoms with Crippen LogP contribution in [0.5, 0.6) is 0 Å². The Balaban J connectivity index is 2.07. The van der Waals surface area contributed by atoms with Crippen LogP contribution in [0.1, 0.15) is 18.4 Å². The van der Waals surface area contributed by atoms with E-state index in [2.05, 4.69) is 17.2 Å². The second-order valence-electron chi connectivity index (χ2n) is 3.87. The largest absolute Gasteiger partial charge is 0.351 e. The summed E-state index contributed by atoms with van der Waals surface area (Å²) < 4.78 is 0. The van der Waals surface area contributed by atoms with Gasteiger partial charge in [-0.05, 0) is 24.9 Å². The van der Waals surface area contributed by atoms with Gasteiger partial charge in [0.2, 0.25) is 5.91 Å². The summed E-state index contributed by atoms with van der Waals surface area (Å²) in [5.74, 6) is 0.0347. The van der Waals surface area contributed by atoms with Crippen LogP contribution in [0.25, 0.3) is 0 Å². The van der Waals surface area contributed by atoms with Crippen molar-refractivity contribution in [1.82, 2.24) is 10.6 Å². The highest BCUT2D eigenvalue weighted by Crippen LogP contribution is 1.96. The number of benzene rings is 1. The molecule has 0 saturated heterocycles. The Labute approximate surface area is 103 Å². The normalized spacial score (nSPS) is 9.88. The van der Waals surface area contributed by atoms with Crippen molar-refractivity contribution in [3.8, 4) is 0 Å². The fraction of sp³-hybridized carbons (Fsp3) is 0.357. The molecule has 17 heavy (non-hydrogen) atoms. The highest BCUT2D eigenvalue weighted by molar-refractivity contribution is 5.77. The van der Waals surface area contributed by atoms with Crippen LogP contribution in [0.3, 0.4) is 0 Å². The predicted molar refractivity (Wildman–Crippen MR) is 70.6 cm³/mol. The molecule has 3 heteroatoms. The van der Waals surface area contributed by atoms with Gasteiger partial charge in [-0.25, -0.2) is 0 Å². The Bertz CT molecular complexity index is 335. The lowest BCUT2D eigenvalue weighted by Gasteiger charge is -2.06. The predicted octanol–water partition coefficient (Wildman–Crippen LogP) is 1.86. The van der Waals surface area contributed by atoms with Gasteiger partial charge < -0.3 is 10.6 Å². The van der Waals surface area contributed by atoms with Crippen LogP contribution >= 0.6 is 0 Å². The quantitative estimate of drug-likeness (QED) is 0.530. The summed E-state index contributed by atoms with van der Waals surface area (Å²) >= 11 is 0. The first-order valence-electron chi connectivity index (χ1n) is 5.95. The van der Waals surface area contributed by atoms with E-state index in [9.17, 15) is 4.79 Å². The van der Waals surface area contributed by atoms with E-state index in [0.717, 1.165) is 24.9 Å². The third-order valence-corrected chi connectivity index (χ3v) is 2.38. The van der Waals surface area contributed by atoms with E-state index < -0.39 is 0 Å². The van der Waals surface area contributed by atoms with Crippen molar-refractivity contribution in [2.45, 2.75) is 19.4 Å². The number of carbonyl (C=O) groups excluding carboxylic acids is 1. The lowest BCUT2D eigenvalue weighted by atomic mass is 10.2. The maximum atomic E-state index is 11.5. The SMILES string of the molecule is C=CCCCNCC(=O)NCc1ccccc1. The molecule has 0 fully saturated rings. The average Bonchev–Trinajstić information content (AvgIpc) is 2.37. The maximum absolute atomic E-state index is 11.5. The summed E-state index contributed by atoms with van der Waals surface area (Å²) in [4.78, 5) is 11.5. The van der Waals surface area contributed by atoms with Crippen molar-refractivity contribution in [3.05, 3.63) is 48.6 Å². The number of unbranched alkanes of at least 4 members (excludes halogenated alkanes) is 1. The smallest absolute Gasteiger partial charge is 0.234 e. The van der Waals surface area contributed by atoms with Crippen molar-refractivity contribution in [3.63, 3.8) is 0 Å². The Morgan fingerprint density at radius 2 is 2.06 bits per heavy atom. The van der Waals surface area contributed by atoms with Crippen LogP contribution < -0.4 is 10.6 Å². The van der Waals surface area contributed by atoms with Gasteiger partial charge in [0, 0.05) is 6.54 Å². The molecule has 2 N–H and O–H groups in total. The molecule has 3 nitrogen and oxygen atoms in total. The first-order valence-corrected chi connectivity index (χ1v) is 5.95. The molecule has 0 heterocycles. The van der Waals surface area contributed by atoms with E-state index in [-0.39, 0.29) is 5.91 Å². The number of hydrogen-bond acceptors (Lipinski definition) is 2. The van der Waals surface area contributed by atoms with Crippen LogP contribution in [-0.4, -0.2) is 19.0 Å². The van der Waals surface area contributed by atoms with Gasteiger partial charge in [-0.15, -0.1) is 6.58 Å². The van der Waals surface area contributed by atoms with E-state index in [4.69, 9.17) is 0 Å². The molecule has 0 spiro atoms. The molecule has 0 aliphatic rings. The molecule has 0 unspecified atom stereocenters. The van der Waals surface area contributed by atoms with Crippen molar-refractivity contribution in [1.29, 1.82) is 0 Å². The molecule has 1 aromatic rings. The molecule has 0 radical (unpaired) electrons. The number of hydrogen-bond donors (Lipinski definition) is 2. The molecule has 0 aliphatic heterocycles. The first kappa shape index (κ1) is 13.5. The Hall–Kier alpha value is -1.61. The van der Waals surface area contributed by atoms with Gasteiger partial charge in [0.15, 0.2) is 0 Å². The minimum absolute atomic E-state index is 0.0347. The van der Waals surface area contributed by atoms with E-state index in [1.165, 1.54) is 0 Å². The fourth-order valence-corrected chi connectivity index (χ4v) is 1.43. The second-order valence-corrected chi connectivity index (χ2v) is 3.87. The minimum atomic E-state index is 0.0347. The lowest BCUT2D eigenvalue weighted by molar-refractivity contribution is -0.120. The van der Waals surface area contributed by atoms with Gasteiger partial charge in [0.05, 0.1) is 6.54 Å². The topological polar surface area (TPSA) is 41.1 Å². The molecule has 0 bridgehead atoms.